The zero-order chi connectivity index (χ0) is 14.0. The summed E-state index contributed by atoms with van der Waals surface area (Å²) in [6.45, 7) is 6.94. The number of hydrogen-bond acceptors (Lipinski definition) is 3. The molecule has 1 saturated heterocycles. The molecule has 19 heavy (non-hydrogen) atoms. The second-order valence-corrected chi connectivity index (χ2v) is 5.93. The Morgan fingerprint density at radius 2 is 1.95 bits per heavy atom. The molecule has 1 heterocycles. The van der Waals surface area contributed by atoms with Gasteiger partial charge in [0.2, 0.25) is 0 Å². The summed E-state index contributed by atoms with van der Waals surface area (Å²) in [7, 11) is 0. The van der Waals surface area contributed by atoms with Crippen molar-refractivity contribution in [3.8, 4) is 0 Å². The molecule has 1 N–H and O–H groups in total. The lowest BCUT2D eigenvalue weighted by molar-refractivity contribution is 0.0453. The van der Waals surface area contributed by atoms with Crippen LogP contribution in [0.3, 0.4) is 0 Å². The highest BCUT2D eigenvalue weighted by Gasteiger charge is 2.27. The Kier molecular flexibility index (Phi) is 3.80. The second-order valence-electron chi connectivity index (χ2n) is 5.93. The summed E-state index contributed by atoms with van der Waals surface area (Å²) in [6, 6.07) is 7.98. The zero-order valence-electron chi connectivity index (χ0n) is 11.7. The van der Waals surface area contributed by atoms with Crippen LogP contribution in [-0.2, 0) is 10.2 Å². The molecule has 1 atom stereocenters. The van der Waals surface area contributed by atoms with Crippen LogP contribution in [0, 0.1) is 0 Å². The summed E-state index contributed by atoms with van der Waals surface area (Å²) in [5, 5.41) is 9.00. The van der Waals surface area contributed by atoms with Gasteiger partial charge < -0.3 is 9.84 Å². The monoisotopic (exact) mass is 263 g/mol. The quantitative estimate of drug-likeness (QED) is 0.892. The van der Waals surface area contributed by atoms with Gasteiger partial charge in [-0.05, 0) is 23.1 Å². The molecule has 0 aliphatic carbocycles. The van der Waals surface area contributed by atoms with Gasteiger partial charge in [-0.15, -0.1) is 0 Å². The van der Waals surface area contributed by atoms with Crippen LogP contribution < -0.4 is 4.90 Å². The topological polar surface area (TPSA) is 49.8 Å². The highest BCUT2D eigenvalue weighted by molar-refractivity contribution is 5.88. The average Bonchev–Trinajstić information content (AvgIpc) is 2.37. The van der Waals surface area contributed by atoms with Gasteiger partial charge in [-0.3, -0.25) is 4.90 Å². The number of rotatable bonds is 2. The van der Waals surface area contributed by atoms with Crippen molar-refractivity contribution in [1.82, 2.24) is 0 Å². The number of nitrogens with zero attached hydrogens (tertiary/aromatic N) is 1. The Morgan fingerprint density at radius 1 is 1.32 bits per heavy atom. The fourth-order valence-electron chi connectivity index (χ4n) is 2.13. The van der Waals surface area contributed by atoms with Gasteiger partial charge in [-0.25, -0.2) is 4.79 Å². The maximum absolute atomic E-state index is 11.8. The fourth-order valence-corrected chi connectivity index (χ4v) is 2.13. The smallest absolute Gasteiger partial charge is 0.414 e. The van der Waals surface area contributed by atoms with E-state index in [0.29, 0.717) is 13.0 Å². The van der Waals surface area contributed by atoms with E-state index in [1.54, 1.807) is 4.90 Å². The van der Waals surface area contributed by atoms with Gasteiger partial charge >= 0.3 is 6.09 Å². The maximum Gasteiger partial charge on any atom is 0.414 e. The summed E-state index contributed by atoms with van der Waals surface area (Å²) in [4.78, 5) is 13.4. The lowest BCUT2D eigenvalue weighted by Gasteiger charge is -2.31. The first-order chi connectivity index (χ1) is 8.91. The first kappa shape index (κ1) is 13.9. The van der Waals surface area contributed by atoms with Crippen molar-refractivity contribution in [2.45, 2.75) is 38.7 Å². The predicted octanol–water partition coefficient (Wildman–Crippen LogP) is 2.69. The highest BCUT2D eigenvalue weighted by atomic mass is 16.6. The molecule has 4 heteroatoms. The number of cyclic esters (lactones) is 1. The maximum atomic E-state index is 11.8. The number of ether oxygens (including phenoxy) is 1. The van der Waals surface area contributed by atoms with E-state index in [1.807, 2.05) is 24.3 Å². The number of amides is 1. The van der Waals surface area contributed by atoms with Crippen LogP contribution in [0.2, 0.25) is 0 Å². The van der Waals surface area contributed by atoms with Crippen molar-refractivity contribution in [2.24, 2.45) is 0 Å². The third-order valence-corrected chi connectivity index (χ3v) is 3.41. The molecule has 1 aliphatic rings. The molecule has 2 rings (SSSR count). The average molecular weight is 263 g/mol. The fraction of sp³-hybridized carbons (Fsp3) is 0.533. The Balaban J connectivity index is 2.13. The molecule has 1 fully saturated rings. The van der Waals surface area contributed by atoms with Crippen molar-refractivity contribution in [3.63, 3.8) is 0 Å². The van der Waals surface area contributed by atoms with Gasteiger partial charge in [0.15, 0.2) is 0 Å². The number of aliphatic hydroxyl groups is 1. The van der Waals surface area contributed by atoms with Gasteiger partial charge in [0.25, 0.3) is 0 Å². The Bertz CT molecular complexity index is 447. The zero-order valence-corrected chi connectivity index (χ0v) is 11.7. The van der Waals surface area contributed by atoms with Gasteiger partial charge in [0, 0.05) is 18.7 Å². The molecule has 0 aromatic heterocycles. The number of aliphatic hydroxyl groups excluding tert-OH is 1. The van der Waals surface area contributed by atoms with Crippen LogP contribution in [0.1, 0.15) is 32.8 Å². The largest absolute Gasteiger partial charge is 0.443 e. The van der Waals surface area contributed by atoms with E-state index in [4.69, 9.17) is 9.84 Å². The van der Waals surface area contributed by atoms with Gasteiger partial charge in [-0.1, -0.05) is 32.9 Å². The van der Waals surface area contributed by atoms with Crippen LogP contribution in [0.15, 0.2) is 24.3 Å². The van der Waals surface area contributed by atoms with E-state index in [9.17, 15) is 4.79 Å². The number of anilines is 1. The van der Waals surface area contributed by atoms with Crippen molar-refractivity contribution in [1.29, 1.82) is 0 Å². The van der Waals surface area contributed by atoms with Gasteiger partial charge in [0.05, 0.1) is 6.61 Å². The molecule has 0 radical (unpaired) electrons. The third kappa shape index (κ3) is 3.07. The Labute approximate surface area is 114 Å². The second kappa shape index (κ2) is 5.21. The van der Waals surface area contributed by atoms with Crippen LogP contribution in [0.4, 0.5) is 10.5 Å². The van der Waals surface area contributed by atoms with Gasteiger partial charge in [-0.2, -0.15) is 0 Å². The van der Waals surface area contributed by atoms with Crippen molar-refractivity contribution in [2.75, 3.05) is 18.1 Å². The lowest BCUT2D eigenvalue weighted by Crippen LogP contribution is -2.43. The minimum Gasteiger partial charge on any atom is -0.443 e. The molecule has 1 aromatic carbocycles. The SMILES string of the molecule is CC(C)(C)c1ccc(N2CCC(CO)OC2=O)cc1. The molecule has 1 aliphatic heterocycles. The van der Waals surface area contributed by atoms with E-state index >= 15 is 0 Å². The molecular weight excluding hydrogens is 242 g/mol. The van der Waals surface area contributed by atoms with Gasteiger partial charge in [0.1, 0.15) is 6.10 Å². The molecular formula is C15H21NO3. The Hall–Kier alpha value is -1.55. The summed E-state index contributed by atoms with van der Waals surface area (Å²) in [5.74, 6) is 0. The highest BCUT2D eigenvalue weighted by Crippen LogP contribution is 2.26. The van der Waals surface area contributed by atoms with Crippen LogP contribution >= 0.6 is 0 Å². The number of carbonyl (C=O) groups excluding carboxylic acids is 1. The number of carbonyl (C=O) groups is 1. The molecule has 0 bridgehead atoms. The van der Waals surface area contributed by atoms with Crippen molar-refractivity contribution >= 4 is 11.8 Å². The first-order valence-electron chi connectivity index (χ1n) is 6.61. The molecule has 4 nitrogen and oxygen atoms in total. The first-order valence-corrected chi connectivity index (χ1v) is 6.61. The van der Waals surface area contributed by atoms with E-state index in [1.165, 1.54) is 5.56 Å². The van der Waals surface area contributed by atoms with E-state index in [-0.39, 0.29) is 24.2 Å². The normalized spacial score (nSPS) is 20.3. The standard InChI is InChI=1S/C15H21NO3/c1-15(2,3)11-4-6-12(7-5-11)16-9-8-13(10-17)19-14(16)18/h4-7,13,17H,8-10H2,1-3H3. The third-order valence-electron chi connectivity index (χ3n) is 3.41. The van der Waals surface area contributed by atoms with E-state index < -0.39 is 0 Å². The number of benzene rings is 1. The summed E-state index contributed by atoms with van der Waals surface area (Å²) < 4.78 is 5.14. The van der Waals surface area contributed by atoms with Crippen LogP contribution in [-0.4, -0.2) is 30.5 Å². The predicted molar refractivity (Wildman–Crippen MR) is 74.5 cm³/mol. The molecule has 1 aromatic rings. The lowest BCUT2D eigenvalue weighted by atomic mass is 9.87. The van der Waals surface area contributed by atoms with Crippen LogP contribution in [0.25, 0.3) is 0 Å². The minimum absolute atomic E-state index is 0.100. The molecule has 0 spiro atoms. The summed E-state index contributed by atoms with van der Waals surface area (Å²) in [5.41, 5.74) is 2.17. The molecule has 104 valence electrons. The van der Waals surface area contributed by atoms with Crippen LogP contribution in [0.5, 0.6) is 0 Å². The van der Waals surface area contributed by atoms with Crippen molar-refractivity contribution < 1.29 is 14.6 Å². The van der Waals surface area contributed by atoms with E-state index in [0.717, 1.165) is 5.69 Å². The summed E-state index contributed by atoms with van der Waals surface area (Å²) >= 11 is 0. The molecule has 1 unspecified atom stereocenters. The minimum atomic E-state index is -0.381. The Morgan fingerprint density at radius 3 is 2.42 bits per heavy atom. The number of hydrogen-bond donors (Lipinski definition) is 1. The molecule has 0 saturated carbocycles. The van der Waals surface area contributed by atoms with E-state index in [2.05, 4.69) is 20.8 Å². The summed E-state index contributed by atoms with van der Waals surface area (Å²) in [6.07, 6.45) is -0.0881. The molecule has 1 amide bonds. The van der Waals surface area contributed by atoms with Crippen molar-refractivity contribution in [3.05, 3.63) is 29.8 Å².